The van der Waals surface area contributed by atoms with E-state index in [-0.39, 0.29) is 18.4 Å². The van der Waals surface area contributed by atoms with E-state index in [1.54, 1.807) is 0 Å². The van der Waals surface area contributed by atoms with Crippen molar-refractivity contribution >= 4 is 12.4 Å². The van der Waals surface area contributed by atoms with Crippen LogP contribution in [0, 0.1) is 11.6 Å². The Balaban J connectivity index is 0.000000845. The third kappa shape index (κ3) is 1.98. The van der Waals surface area contributed by atoms with Crippen LogP contribution in [0.3, 0.4) is 0 Å². The molecule has 72 valence electrons. The van der Waals surface area contributed by atoms with Gasteiger partial charge in [-0.1, -0.05) is 6.07 Å². The molecule has 2 rings (SSSR count). The number of halogens is 3. The van der Waals surface area contributed by atoms with Crippen LogP contribution in [-0.2, 0) is 0 Å². The molecular weight excluding hydrogens is 196 g/mol. The third-order valence-electron chi connectivity index (χ3n) is 2.16. The van der Waals surface area contributed by atoms with Crippen LogP contribution in [0.5, 0.6) is 0 Å². The van der Waals surface area contributed by atoms with Crippen molar-refractivity contribution < 1.29 is 8.78 Å². The van der Waals surface area contributed by atoms with E-state index in [9.17, 15) is 8.78 Å². The fourth-order valence-corrected chi connectivity index (χ4v) is 1.34. The van der Waals surface area contributed by atoms with Gasteiger partial charge in [-0.05, 0) is 19.0 Å². The van der Waals surface area contributed by atoms with Gasteiger partial charge in [0.15, 0.2) is 0 Å². The van der Waals surface area contributed by atoms with Crippen LogP contribution >= 0.6 is 12.4 Å². The Hall–Kier alpha value is -0.670. The van der Waals surface area contributed by atoms with Crippen LogP contribution in [-0.4, -0.2) is 6.54 Å². The molecule has 1 atom stereocenters. The predicted octanol–water partition coefficient (Wildman–Crippen LogP) is 2.42. The summed E-state index contributed by atoms with van der Waals surface area (Å²) in [4.78, 5) is 0. The van der Waals surface area contributed by atoms with Crippen LogP contribution in [0.25, 0.3) is 0 Å². The summed E-state index contributed by atoms with van der Waals surface area (Å²) >= 11 is 0. The minimum absolute atomic E-state index is 0. The Bertz CT molecular complexity index is 300. The van der Waals surface area contributed by atoms with Crippen molar-refractivity contribution in [2.75, 3.05) is 6.54 Å². The topological polar surface area (TPSA) is 12.0 Å². The lowest BCUT2D eigenvalue weighted by atomic mass is 9.98. The maximum Gasteiger partial charge on any atom is 0.130 e. The highest BCUT2D eigenvalue weighted by Gasteiger charge is 2.21. The molecule has 4 heteroatoms. The molecule has 0 aliphatic carbocycles. The molecule has 0 aromatic heterocycles. The van der Waals surface area contributed by atoms with E-state index < -0.39 is 11.6 Å². The smallest absolute Gasteiger partial charge is 0.130 e. The van der Waals surface area contributed by atoms with Gasteiger partial charge in [0.05, 0.1) is 0 Å². The van der Waals surface area contributed by atoms with E-state index in [1.165, 1.54) is 12.1 Å². The van der Waals surface area contributed by atoms with Gasteiger partial charge in [-0.3, -0.25) is 0 Å². The second-order valence-electron chi connectivity index (χ2n) is 2.96. The van der Waals surface area contributed by atoms with Gasteiger partial charge in [0.25, 0.3) is 0 Å². The number of nitrogens with one attached hydrogen (secondary N) is 1. The largest absolute Gasteiger partial charge is 0.310 e. The van der Waals surface area contributed by atoms with Gasteiger partial charge >= 0.3 is 0 Å². The number of hydrogen-bond donors (Lipinski definition) is 1. The Morgan fingerprint density at radius 1 is 1.31 bits per heavy atom. The van der Waals surface area contributed by atoms with Gasteiger partial charge in [0, 0.05) is 17.7 Å². The van der Waals surface area contributed by atoms with Gasteiger partial charge in [0.1, 0.15) is 11.6 Å². The quantitative estimate of drug-likeness (QED) is 0.743. The van der Waals surface area contributed by atoms with Crippen molar-refractivity contribution in [3.63, 3.8) is 0 Å². The first-order chi connectivity index (χ1) is 5.77. The lowest BCUT2D eigenvalue weighted by Gasteiger charge is -2.28. The zero-order chi connectivity index (χ0) is 8.55. The molecular formula is C9H10ClF2N. The second-order valence-corrected chi connectivity index (χ2v) is 2.96. The Morgan fingerprint density at radius 3 is 2.46 bits per heavy atom. The molecule has 1 saturated heterocycles. The fraction of sp³-hybridized carbons (Fsp3) is 0.333. The normalized spacial score (nSPS) is 20.3. The van der Waals surface area contributed by atoms with Gasteiger partial charge in [-0.15, -0.1) is 12.4 Å². The number of hydrogen-bond acceptors (Lipinski definition) is 1. The van der Waals surface area contributed by atoms with Crippen molar-refractivity contribution in [2.45, 2.75) is 12.5 Å². The van der Waals surface area contributed by atoms with Gasteiger partial charge in [0.2, 0.25) is 0 Å². The molecule has 1 nitrogen and oxygen atoms in total. The van der Waals surface area contributed by atoms with E-state index in [0.717, 1.165) is 19.0 Å². The van der Waals surface area contributed by atoms with Crippen molar-refractivity contribution in [1.29, 1.82) is 0 Å². The monoisotopic (exact) mass is 205 g/mol. The Kier molecular flexibility index (Phi) is 3.22. The van der Waals surface area contributed by atoms with E-state index in [1.807, 2.05) is 0 Å². The fourth-order valence-electron chi connectivity index (χ4n) is 1.34. The molecule has 1 N–H and O–H groups in total. The maximum absolute atomic E-state index is 13.0. The molecule has 1 heterocycles. The van der Waals surface area contributed by atoms with Crippen LogP contribution in [0.15, 0.2) is 18.2 Å². The van der Waals surface area contributed by atoms with Gasteiger partial charge < -0.3 is 5.32 Å². The van der Waals surface area contributed by atoms with Crippen molar-refractivity contribution in [3.05, 3.63) is 35.4 Å². The average Bonchev–Trinajstić information content (AvgIpc) is 1.91. The molecule has 1 aliphatic heterocycles. The molecule has 0 saturated carbocycles. The zero-order valence-electron chi connectivity index (χ0n) is 6.89. The van der Waals surface area contributed by atoms with Gasteiger partial charge in [-0.25, -0.2) is 8.78 Å². The third-order valence-corrected chi connectivity index (χ3v) is 2.16. The van der Waals surface area contributed by atoms with Crippen molar-refractivity contribution in [3.8, 4) is 0 Å². The SMILES string of the molecule is Cl.Fc1ccc([C@H]2CCN2)c(F)c1. The highest BCUT2D eigenvalue weighted by Crippen LogP contribution is 2.25. The van der Waals surface area contributed by atoms with Crippen LogP contribution in [0.1, 0.15) is 18.0 Å². The lowest BCUT2D eigenvalue weighted by Crippen LogP contribution is -2.35. The average molecular weight is 206 g/mol. The molecule has 0 amide bonds. The summed E-state index contributed by atoms with van der Waals surface area (Å²) in [5, 5.41) is 3.06. The maximum atomic E-state index is 13.0. The zero-order valence-corrected chi connectivity index (χ0v) is 7.70. The molecule has 0 spiro atoms. The van der Waals surface area contributed by atoms with E-state index in [4.69, 9.17) is 0 Å². The first kappa shape index (κ1) is 10.4. The summed E-state index contributed by atoms with van der Waals surface area (Å²) in [6.07, 6.45) is 0.933. The highest BCUT2D eigenvalue weighted by molar-refractivity contribution is 5.85. The molecule has 13 heavy (non-hydrogen) atoms. The predicted molar refractivity (Wildman–Crippen MR) is 49.0 cm³/mol. The van der Waals surface area contributed by atoms with E-state index >= 15 is 0 Å². The van der Waals surface area contributed by atoms with Crippen LogP contribution in [0.4, 0.5) is 8.78 Å². The van der Waals surface area contributed by atoms with Crippen molar-refractivity contribution in [1.82, 2.24) is 5.32 Å². The molecule has 1 aliphatic rings. The highest BCUT2D eigenvalue weighted by atomic mass is 35.5. The molecule has 1 aromatic rings. The van der Waals surface area contributed by atoms with Crippen LogP contribution in [0.2, 0.25) is 0 Å². The number of rotatable bonds is 1. The lowest BCUT2D eigenvalue weighted by molar-refractivity contribution is 0.369. The summed E-state index contributed by atoms with van der Waals surface area (Å²) in [7, 11) is 0. The summed E-state index contributed by atoms with van der Waals surface area (Å²) < 4.78 is 25.5. The minimum Gasteiger partial charge on any atom is -0.310 e. The first-order valence-corrected chi connectivity index (χ1v) is 3.96. The molecule has 1 fully saturated rings. The second kappa shape index (κ2) is 4.03. The standard InChI is InChI=1S/C9H9F2N.ClH/c10-6-1-2-7(8(11)5-6)9-3-4-12-9;/h1-2,5,9,12H,3-4H2;1H/t9-;/m1./s1. The van der Waals surface area contributed by atoms with E-state index in [0.29, 0.717) is 5.56 Å². The van der Waals surface area contributed by atoms with Crippen molar-refractivity contribution in [2.24, 2.45) is 0 Å². The Labute approximate surface area is 81.6 Å². The molecule has 0 radical (unpaired) electrons. The summed E-state index contributed by atoms with van der Waals surface area (Å²) in [5.74, 6) is -0.970. The summed E-state index contributed by atoms with van der Waals surface area (Å²) in [6.45, 7) is 0.918. The van der Waals surface area contributed by atoms with Gasteiger partial charge in [-0.2, -0.15) is 0 Å². The number of benzene rings is 1. The molecule has 0 bridgehead atoms. The summed E-state index contributed by atoms with van der Waals surface area (Å²) in [5.41, 5.74) is 0.572. The molecule has 1 aromatic carbocycles. The minimum atomic E-state index is -0.518. The molecule has 0 unspecified atom stereocenters. The van der Waals surface area contributed by atoms with E-state index in [2.05, 4.69) is 5.32 Å². The van der Waals surface area contributed by atoms with Crippen LogP contribution < -0.4 is 5.32 Å². The summed E-state index contributed by atoms with van der Waals surface area (Å²) in [6, 6.07) is 3.81. The Morgan fingerprint density at radius 2 is 2.00 bits per heavy atom. The first-order valence-electron chi connectivity index (χ1n) is 3.96.